The standard InChI is InChI=1S/C15H15N5O2/c1-8-12(9-5-3-2-4-6-9)20-13-10(17-8)7-11(18-14(13)16)19-15(21)22/h2-8,17H,1H3,(H,21,22)(H3,16,18,19)/t8-/m1/s1. The summed E-state index contributed by atoms with van der Waals surface area (Å²) in [5.74, 6) is 0.343. The molecule has 0 spiro atoms. The van der Waals surface area contributed by atoms with Crippen LogP contribution in [0.3, 0.4) is 0 Å². The Morgan fingerprint density at radius 2 is 2.09 bits per heavy atom. The van der Waals surface area contributed by atoms with Crippen molar-refractivity contribution in [3.8, 4) is 0 Å². The van der Waals surface area contributed by atoms with Gasteiger partial charge in [-0.15, -0.1) is 0 Å². The molecule has 1 aliphatic rings. The van der Waals surface area contributed by atoms with Crippen LogP contribution in [0.5, 0.6) is 0 Å². The number of aromatic nitrogens is 1. The van der Waals surface area contributed by atoms with Crippen molar-refractivity contribution in [2.24, 2.45) is 4.99 Å². The highest BCUT2D eigenvalue weighted by molar-refractivity contribution is 6.10. The van der Waals surface area contributed by atoms with Crippen molar-refractivity contribution in [1.29, 1.82) is 0 Å². The molecular weight excluding hydrogens is 282 g/mol. The van der Waals surface area contributed by atoms with E-state index < -0.39 is 6.09 Å². The van der Waals surface area contributed by atoms with Gasteiger partial charge in [-0.3, -0.25) is 5.32 Å². The molecule has 2 aromatic rings. The van der Waals surface area contributed by atoms with Gasteiger partial charge in [0.2, 0.25) is 0 Å². The van der Waals surface area contributed by atoms with Crippen molar-refractivity contribution in [3.05, 3.63) is 42.0 Å². The molecule has 1 aliphatic heterocycles. The minimum atomic E-state index is -1.19. The number of carboxylic acid groups (broad SMARTS) is 1. The largest absolute Gasteiger partial charge is 0.465 e. The van der Waals surface area contributed by atoms with E-state index in [1.54, 1.807) is 6.07 Å². The molecule has 0 radical (unpaired) electrons. The Labute approximate surface area is 126 Å². The van der Waals surface area contributed by atoms with Crippen molar-refractivity contribution in [3.63, 3.8) is 0 Å². The zero-order valence-electron chi connectivity index (χ0n) is 11.9. The lowest BCUT2D eigenvalue weighted by atomic mass is 10.0. The van der Waals surface area contributed by atoms with Gasteiger partial charge in [0.25, 0.3) is 0 Å². The summed E-state index contributed by atoms with van der Waals surface area (Å²) in [5, 5.41) is 14.2. The Hall–Kier alpha value is -3.09. The summed E-state index contributed by atoms with van der Waals surface area (Å²) in [5.41, 5.74) is 8.95. The van der Waals surface area contributed by atoms with Gasteiger partial charge in [0.05, 0.1) is 17.4 Å². The van der Waals surface area contributed by atoms with Crippen molar-refractivity contribution in [2.45, 2.75) is 13.0 Å². The molecule has 0 unspecified atom stereocenters. The van der Waals surface area contributed by atoms with Gasteiger partial charge in [-0.1, -0.05) is 30.3 Å². The molecule has 112 valence electrons. The Morgan fingerprint density at radius 1 is 1.36 bits per heavy atom. The summed E-state index contributed by atoms with van der Waals surface area (Å²) in [4.78, 5) is 19.3. The Morgan fingerprint density at radius 3 is 2.77 bits per heavy atom. The van der Waals surface area contributed by atoms with Crippen molar-refractivity contribution >= 4 is 34.8 Å². The maximum Gasteiger partial charge on any atom is 0.410 e. The normalized spacial score (nSPS) is 16.2. The van der Waals surface area contributed by atoms with Gasteiger partial charge in [0, 0.05) is 6.07 Å². The number of rotatable bonds is 2. The number of nitrogen functional groups attached to an aromatic ring is 1. The number of benzene rings is 1. The number of anilines is 3. The van der Waals surface area contributed by atoms with E-state index in [-0.39, 0.29) is 17.7 Å². The Bertz CT molecular complexity index is 758. The van der Waals surface area contributed by atoms with Gasteiger partial charge >= 0.3 is 6.09 Å². The molecule has 0 bridgehead atoms. The van der Waals surface area contributed by atoms with E-state index in [4.69, 9.17) is 10.8 Å². The molecule has 2 heterocycles. The number of amides is 1. The molecule has 0 saturated carbocycles. The second kappa shape index (κ2) is 5.36. The average molecular weight is 297 g/mol. The molecule has 1 atom stereocenters. The van der Waals surface area contributed by atoms with E-state index in [0.29, 0.717) is 11.4 Å². The fraction of sp³-hybridized carbons (Fsp3) is 0.133. The minimum Gasteiger partial charge on any atom is -0.465 e. The molecule has 1 amide bonds. The van der Waals surface area contributed by atoms with Gasteiger partial charge < -0.3 is 16.2 Å². The van der Waals surface area contributed by atoms with Crippen LogP contribution >= 0.6 is 0 Å². The van der Waals surface area contributed by atoms with Gasteiger partial charge in [-0.2, -0.15) is 0 Å². The highest BCUT2D eigenvalue weighted by Gasteiger charge is 2.23. The molecule has 1 aromatic heterocycles. The third-order valence-electron chi connectivity index (χ3n) is 3.34. The van der Waals surface area contributed by atoms with Gasteiger partial charge in [0.15, 0.2) is 5.82 Å². The monoisotopic (exact) mass is 297 g/mol. The first-order valence-corrected chi connectivity index (χ1v) is 6.75. The predicted octanol–water partition coefficient (Wildman–Crippen LogP) is 2.69. The molecule has 0 aliphatic carbocycles. The SMILES string of the molecule is C[C@H]1Nc2cc(NC(=O)O)nc(N)c2N=C1c1ccccc1. The molecular formula is C15H15N5O2. The number of aliphatic imine (C=N–C) groups is 1. The van der Waals surface area contributed by atoms with E-state index in [0.717, 1.165) is 11.3 Å². The topological polar surface area (TPSA) is 113 Å². The number of hydrogen-bond acceptors (Lipinski definition) is 5. The number of nitrogens with one attached hydrogen (secondary N) is 2. The summed E-state index contributed by atoms with van der Waals surface area (Å²) >= 11 is 0. The van der Waals surface area contributed by atoms with E-state index >= 15 is 0 Å². The summed E-state index contributed by atoms with van der Waals surface area (Å²) in [6.07, 6.45) is -1.19. The van der Waals surface area contributed by atoms with E-state index in [2.05, 4.69) is 20.6 Å². The van der Waals surface area contributed by atoms with Crippen LogP contribution in [-0.4, -0.2) is 27.9 Å². The second-order valence-corrected chi connectivity index (χ2v) is 4.95. The molecule has 3 rings (SSSR count). The van der Waals surface area contributed by atoms with Crippen molar-refractivity contribution in [2.75, 3.05) is 16.4 Å². The van der Waals surface area contributed by atoms with Crippen LogP contribution in [0.25, 0.3) is 0 Å². The van der Waals surface area contributed by atoms with Gasteiger partial charge in [0.1, 0.15) is 11.5 Å². The zero-order chi connectivity index (χ0) is 15.7. The highest BCUT2D eigenvalue weighted by atomic mass is 16.4. The van der Waals surface area contributed by atoms with E-state index in [1.165, 1.54) is 0 Å². The van der Waals surface area contributed by atoms with Crippen molar-refractivity contribution in [1.82, 2.24) is 4.98 Å². The number of carbonyl (C=O) groups is 1. The lowest BCUT2D eigenvalue weighted by Gasteiger charge is -2.25. The molecule has 7 heteroatoms. The van der Waals surface area contributed by atoms with Gasteiger partial charge in [-0.05, 0) is 12.5 Å². The lowest BCUT2D eigenvalue weighted by molar-refractivity contribution is 0.209. The number of fused-ring (bicyclic) bond motifs is 1. The van der Waals surface area contributed by atoms with Crippen LogP contribution in [0.4, 0.5) is 27.8 Å². The first-order chi connectivity index (χ1) is 10.5. The summed E-state index contributed by atoms with van der Waals surface area (Å²) in [6.45, 7) is 1.98. The maximum atomic E-state index is 10.7. The van der Waals surface area contributed by atoms with Crippen LogP contribution in [0, 0.1) is 0 Å². The summed E-state index contributed by atoms with van der Waals surface area (Å²) in [7, 11) is 0. The van der Waals surface area contributed by atoms with Crippen LogP contribution in [0.2, 0.25) is 0 Å². The molecule has 0 fully saturated rings. The molecule has 1 aromatic carbocycles. The smallest absolute Gasteiger partial charge is 0.410 e. The van der Waals surface area contributed by atoms with Crippen LogP contribution in [0.15, 0.2) is 41.4 Å². The third-order valence-corrected chi connectivity index (χ3v) is 3.34. The molecule has 7 nitrogen and oxygen atoms in total. The Balaban J connectivity index is 2.05. The fourth-order valence-electron chi connectivity index (χ4n) is 2.40. The number of hydrogen-bond donors (Lipinski definition) is 4. The zero-order valence-corrected chi connectivity index (χ0v) is 11.9. The summed E-state index contributed by atoms with van der Waals surface area (Å²) < 4.78 is 0. The van der Waals surface area contributed by atoms with Gasteiger partial charge in [-0.25, -0.2) is 14.8 Å². The first kappa shape index (κ1) is 13.9. The second-order valence-electron chi connectivity index (χ2n) is 4.95. The third kappa shape index (κ3) is 2.56. The highest BCUT2D eigenvalue weighted by Crippen LogP contribution is 2.37. The van der Waals surface area contributed by atoms with Crippen LogP contribution in [-0.2, 0) is 0 Å². The number of nitrogens with zero attached hydrogens (tertiary/aromatic N) is 2. The molecule has 22 heavy (non-hydrogen) atoms. The predicted molar refractivity (Wildman–Crippen MR) is 86.0 cm³/mol. The molecule has 0 saturated heterocycles. The van der Waals surface area contributed by atoms with E-state index in [9.17, 15) is 4.79 Å². The fourth-order valence-corrected chi connectivity index (χ4v) is 2.40. The number of nitrogens with two attached hydrogens (primary N) is 1. The minimum absolute atomic E-state index is 0.0330. The van der Waals surface area contributed by atoms with Crippen LogP contribution < -0.4 is 16.4 Å². The quantitative estimate of drug-likeness (QED) is 0.680. The first-order valence-electron chi connectivity index (χ1n) is 6.75. The number of pyridine rings is 1. The van der Waals surface area contributed by atoms with Crippen LogP contribution in [0.1, 0.15) is 12.5 Å². The lowest BCUT2D eigenvalue weighted by Crippen LogP contribution is -2.30. The Kier molecular flexibility index (Phi) is 3.38. The summed E-state index contributed by atoms with van der Waals surface area (Å²) in [6, 6.07) is 11.3. The average Bonchev–Trinajstić information content (AvgIpc) is 2.46. The maximum absolute atomic E-state index is 10.7. The molecule has 5 N–H and O–H groups in total. The van der Waals surface area contributed by atoms with E-state index in [1.807, 2.05) is 37.3 Å². The van der Waals surface area contributed by atoms with Crippen molar-refractivity contribution < 1.29 is 9.90 Å².